The number of nitrogens with zero attached hydrogens (tertiary/aromatic N) is 2. The van der Waals surface area contributed by atoms with Gasteiger partial charge in [0.25, 0.3) is 0 Å². The number of nitrogens with two attached hydrogens (primary N) is 1. The molecule has 6 heteroatoms. The molecule has 0 atom stereocenters. The molecule has 4 nitrogen and oxygen atoms in total. The van der Waals surface area contributed by atoms with Crippen LogP contribution in [0.15, 0.2) is 24.4 Å². The van der Waals surface area contributed by atoms with Crippen LogP contribution in [0, 0.1) is 5.41 Å². The number of halogens is 2. The molecule has 0 aromatic carbocycles. The third-order valence-corrected chi connectivity index (χ3v) is 3.88. The van der Waals surface area contributed by atoms with E-state index >= 15 is 0 Å². The summed E-state index contributed by atoms with van der Waals surface area (Å²) in [5, 5.41) is 0. The van der Waals surface area contributed by atoms with E-state index in [1.54, 1.807) is 11.1 Å². The number of rotatable bonds is 4. The summed E-state index contributed by atoms with van der Waals surface area (Å²) in [4.78, 5) is 18.5. The Morgan fingerprint density at radius 3 is 2.50 bits per heavy atom. The van der Waals surface area contributed by atoms with Crippen LogP contribution in [0.5, 0.6) is 0 Å². The van der Waals surface area contributed by atoms with Crippen LogP contribution in [-0.2, 0) is 11.3 Å². The molecule has 0 saturated heterocycles. The van der Waals surface area contributed by atoms with E-state index in [-0.39, 0.29) is 36.1 Å². The highest BCUT2D eigenvalue weighted by Gasteiger charge is 2.41. The van der Waals surface area contributed by atoms with Crippen molar-refractivity contribution in [3.8, 4) is 0 Å². The van der Waals surface area contributed by atoms with Crippen molar-refractivity contribution >= 4 is 30.7 Å². The van der Waals surface area contributed by atoms with Crippen molar-refractivity contribution in [2.75, 3.05) is 13.6 Å². The first kappa shape index (κ1) is 19.2. The maximum atomic E-state index is 12.5. The number of pyridine rings is 1. The number of amides is 1. The zero-order chi connectivity index (χ0) is 13.0. The van der Waals surface area contributed by atoms with E-state index < -0.39 is 0 Å². The van der Waals surface area contributed by atoms with Gasteiger partial charge in [-0.15, -0.1) is 24.8 Å². The highest BCUT2D eigenvalue weighted by atomic mass is 35.5. The van der Waals surface area contributed by atoms with E-state index in [1.807, 2.05) is 25.2 Å². The minimum absolute atomic E-state index is 0. The van der Waals surface area contributed by atoms with Gasteiger partial charge in [-0.1, -0.05) is 18.9 Å². The van der Waals surface area contributed by atoms with Crippen LogP contribution in [0.3, 0.4) is 0 Å². The molecule has 1 aliphatic carbocycles. The summed E-state index contributed by atoms with van der Waals surface area (Å²) in [6, 6.07) is 5.76. The molecule has 1 amide bonds. The fourth-order valence-electron chi connectivity index (χ4n) is 2.77. The van der Waals surface area contributed by atoms with Gasteiger partial charge in [-0.05, 0) is 25.0 Å². The molecule has 0 unspecified atom stereocenters. The van der Waals surface area contributed by atoms with Gasteiger partial charge in [0, 0.05) is 19.8 Å². The first-order chi connectivity index (χ1) is 8.68. The Morgan fingerprint density at radius 1 is 1.35 bits per heavy atom. The molecule has 2 rings (SSSR count). The van der Waals surface area contributed by atoms with Gasteiger partial charge in [-0.2, -0.15) is 0 Å². The van der Waals surface area contributed by atoms with Crippen molar-refractivity contribution < 1.29 is 4.79 Å². The van der Waals surface area contributed by atoms with E-state index in [0.29, 0.717) is 13.1 Å². The predicted molar refractivity (Wildman–Crippen MR) is 85.2 cm³/mol. The van der Waals surface area contributed by atoms with Crippen LogP contribution in [0.4, 0.5) is 0 Å². The SMILES string of the molecule is CN(Cc1ccccn1)C(=O)C1(CN)CCCC1.Cl.Cl. The summed E-state index contributed by atoms with van der Waals surface area (Å²) >= 11 is 0. The number of hydrogen-bond donors (Lipinski definition) is 1. The third kappa shape index (κ3) is 4.08. The Bertz CT molecular complexity index is 408. The predicted octanol–water partition coefficient (Wildman–Crippen LogP) is 2.40. The molecule has 1 aliphatic rings. The minimum Gasteiger partial charge on any atom is -0.339 e. The average molecular weight is 320 g/mol. The van der Waals surface area contributed by atoms with Crippen molar-refractivity contribution in [2.45, 2.75) is 32.2 Å². The lowest BCUT2D eigenvalue weighted by atomic mass is 9.84. The maximum absolute atomic E-state index is 12.5. The molecule has 0 bridgehead atoms. The molecular weight excluding hydrogens is 297 g/mol. The second-order valence-electron chi connectivity index (χ2n) is 5.17. The van der Waals surface area contributed by atoms with Gasteiger partial charge >= 0.3 is 0 Å². The largest absolute Gasteiger partial charge is 0.339 e. The van der Waals surface area contributed by atoms with Crippen LogP contribution in [0.2, 0.25) is 0 Å². The summed E-state index contributed by atoms with van der Waals surface area (Å²) in [5.41, 5.74) is 6.44. The average Bonchev–Trinajstić information content (AvgIpc) is 2.89. The number of hydrogen-bond acceptors (Lipinski definition) is 3. The molecule has 0 aliphatic heterocycles. The van der Waals surface area contributed by atoms with E-state index in [9.17, 15) is 4.79 Å². The van der Waals surface area contributed by atoms with E-state index in [1.165, 1.54) is 0 Å². The standard InChI is InChI=1S/C14H21N3O.2ClH/c1-17(10-12-6-2-5-9-16-12)13(18)14(11-15)7-3-4-8-14;;/h2,5-6,9H,3-4,7-8,10-11,15H2,1H3;2*1H. The minimum atomic E-state index is -0.316. The lowest BCUT2D eigenvalue weighted by Gasteiger charge is -2.31. The molecule has 1 aromatic heterocycles. The second kappa shape index (κ2) is 8.45. The van der Waals surface area contributed by atoms with Gasteiger partial charge in [0.15, 0.2) is 0 Å². The van der Waals surface area contributed by atoms with Gasteiger partial charge < -0.3 is 10.6 Å². The fourth-order valence-corrected chi connectivity index (χ4v) is 2.77. The molecule has 114 valence electrons. The highest BCUT2D eigenvalue weighted by Crippen LogP contribution is 2.38. The molecule has 1 aromatic rings. The first-order valence-electron chi connectivity index (χ1n) is 6.53. The van der Waals surface area contributed by atoms with Crippen LogP contribution < -0.4 is 5.73 Å². The maximum Gasteiger partial charge on any atom is 0.230 e. The molecule has 0 spiro atoms. The van der Waals surface area contributed by atoms with Crippen LogP contribution >= 0.6 is 24.8 Å². The number of aromatic nitrogens is 1. The molecule has 1 fully saturated rings. The summed E-state index contributed by atoms with van der Waals surface area (Å²) in [7, 11) is 1.84. The molecule has 20 heavy (non-hydrogen) atoms. The van der Waals surface area contributed by atoms with Crippen molar-refractivity contribution in [3.63, 3.8) is 0 Å². The summed E-state index contributed by atoms with van der Waals surface area (Å²) in [5.74, 6) is 0.174. The Kier molecular flexibility index (Phi) is 8.09. The Labute approximate surface area is 132 Å². The van der Waals surface area contributed by atoms with Gasteiger partial charge in [0.1, 0.15) is 0 Å². The van der Waals surface area contributed by atoms with Crippen LogP contribution in [-0.4, -0.2) is 29.4 Å². The summed E-state index contributed by atoms with van der Waals surface area (Å²) in [6.07, 6.45) is 5.83. The third-order valence-electron chi connectivity index (χ3n) is 3.88. The monoisotopic (exact) mass is 319 g/mol. The first-order valence-corrected chi connectivity index (χ1v) is 6.53. The smallest absolute Gasteiger partial charge is 0.230 e. The van der Waals surface area contributed by atoms with Gasteiger partial charge in [0.05, 0.1) is 17.7 Å². The van der Waals surface area contributed by atoms with Crippen molar-refractivity contribution in [2.24, 2.45) is 11.1 Å². The lowest BCUT2D eigenvalue weighted by molar-refractivity contribution is -0.140. The number of carbonyl (C=O) groups is 1. The van der Waals surface area contributed by atoms with Gasteiger partial charge in [-0.3, -0.25) is 9.78 Å². The molecule has 1 saturated carbocycles. The van der Waals surface area contributed by atoms with Crippen LogP contribution in [0.1, 0.15) is 31.4 Å². The zero-order valence-corrected chi connectivity index (χ0v) is 13.4. The Morgan fingerprint density at radius 2 is 2.00 bits per heavy atom. The summed E-state index contributed by atoms with van der Waals surface area (Å²) < 4.78 is 0. The normalized spacial score (nSPS) is 15.9. The lowest BCUT2D eigenvalue weighted by Crippen LogP contribution is -2.44. The second-order valence-corrected chi connectivity index (χ2v) is 5.17. The van der Waals surface area contributed by atoms with Crippen molar-refractivity contribution in [1.82, 2.24) is 9.88 Å². The Hall–Kier alpha value is -0.840. The van der Waals surface area contributed by atoms with Crippen molar-refractivity contribution in [1.29, 1.82) is 0 Å². The fraction of sp³-hybridized carbons (Fsp3) is 0.571. The molecular formula is C14H23Cl2N3O. The van der Waals surface area contributed by atoms with Crippen LogP contribution in [0.25, 0.3) is 0 Å². The molecule has 1 heterocycles. The highest BCUT2D eigenvalue weighted by molar-refractivity contribution is 5.85. The van der Waals surface area contributed by atoms with Crippen molar-refractivity contribution in [3.05, 3.63) is 30.1 Å². The molecule has 2 N–H and O–H groups in total. The van der Waals surface area contributed by atoms with E-state index in [2.05, 4.69) is 4.98 Å². The number of carbonyl (C=O) groups excluding carboxylic acids is 1. The quantitative estimate of drug-likeness (QED) is 0.927. The Balaban J connectivity index is 0.00000180. The summed E-state index contributed by atoms with van der Waals surface area (Å²) in [6.45, 7) is 1.01. The zero-order valence-electron chi connectivity index (χ0n) is 11.7. The van der Waals surface area contributed by atoms with Gasteiger partial charge in [-0.25, -0.2) is 0 Å². The van der Waals surface area contributed by atoms with E-state index in [4.69, 9.17) is 5.73 Å². The van der Waals surface area contributed by atoms with Gasteiger partial charge in [0.2, 0.25) is 5.91 Å². The molecule has 0 radical (unpaired) electrons. The van der Waals surface area contributed by atoms with E-state index in [0.717, 1.165) is 31.4 Å². The topological polar surface area (TPSA) is 59.2 Å².